The third-order valence-electron chi connectivity index (χ3n) is 3.36. The van der Waals surface area contributed by atoms with Crippen molar-refractivity contribution < 1.29 is 24.3 Å². The normalized spacial score (nSPS) is 11.3. The molecule has 0 aliphatic rings. The Morgan fingerprint density at radius 2 is 1.92 bits per heavy atom. The summed E-state index contributed by atoms with van der Waals surface area (Å²) in [5.41, 5.74) is 0.288. The van der Waals surface area contributed by atoms with Crippen molar-refractivity contribution in [1.29, 1.82) is 0 Å². The Labute approximate surface area is 150 Å². The Bertz CT molecular complexity index is 665. The van der Waals surface area contributed by atoms with Crippen molar-refractivity contribution >= 4 is 35.3 Å². The number of nitrogens with one attached hydrogen (secondary N) is 2. The minimum absolute atomic E-state index is 0.0128. The molecule has 0 heterocycles. The van der Waals surface area contributed by atoms with E-state index >= 15 is 0 Å². The average Bonchev–Trinajstić information content (AvgIpc) is 2.55. The number of benzene rings is 1. The average molecular weight is 370 g/mol. The Hall–Kier alpha value is -2.61. The quantitative estimate of drug-likeness (QED) is 0.617. The molecule has 1 atom stereocenters. The highest BCUT2D eigenvalue weighted by molar-refractivity contribution is 6.30. The van der Waals surface area contributed by atoms with E-state index in [0.717, 1.165) is 4.90 Å². The Morgan fingerprint density at radius 1 is 1.24 bits per heavy atom. The molecule has 0 bridgehead atoms. The van der Waals surface area contributed by atoms with E-state index in [4.69, 9.17) is 16.7 Å². The highest BCUT2D eigenvalue weighted by Crippen LogP contribution is 2.10. The van der Waals surface area contributed by atoms with Crippen molar-refractivity contribution in [2.75, 3.05) is 19.6 Å². The van der Waals surface area contributed by atoms with Gasteiger partial charge in [0.25, 0.3) is 5.91 Å². The first-order valence-electron chi connectivity index (χ1n) is 7.53. The zero-order valence-corrected chi connectivity index (χ0v) is 14.7. The number of rotatable bonds is 8. The summed E-state index contributed by atoms with van der Waals surface area (Å²) in [5, 5.41) is 14.4. The number of carboxylic acids is 1. The van der Waals surface area contributed by atoms with Gasteiger partial charge in [0.1, 0.15) is 6.04 Å². The molecule has 0 fully saturated rings. The first-order valence-corrected chi connectivity index (χ1v) is 7.90. The molecule has 1 unspecified atom stereocenters. The molecule has 0 spiro atoms. The second kappa shape index (κ2) is 9.63. The lowest BCUT2D eigenvalue weighted by Crippen LogP contribution is -2.50. The van der Waals surface area contributed by atoms with Crippen molar-refractivity contribution in [1.82, 2.24) is 15.5 Å². The van der Waals surface area contributed by atoms with Crippen LogP contribution in [0.25, 0.3) is 0 Å². The molecule has 0 saturated carbocycles. The van der Waals surface area contributed by atoms with Crippen molar-refractivity contribution in [3.05, 3.63) is 34.9 Å². The fraction of sp³-hybridized carbons (Fsp3) is 0.375. The van der Waals surface area contributed by atoms with Crippen LogP contribution in [0.15, 0.2) is 24.3 Å². The smallest absolute Gasteiger partial charge is 0.326 e. The molecule has 25 heavy (non-hydrogen) atoms. The van der Waals surface area contributed by atoms with Crippen molar-refractivity contribution in [3.63, 3.8) is 0 Å². The van der Waals surface area contributed by atoms with Crippen LogP contribution < -0.4 is 10.6 Å². The zero-order valence-electron chi connectivity index (χ0n) is 13.9. The van der Waals surface area contributed by atoms with E-state index in [1.807, 2.05) is 0 Å². The van der Waals surface area contributed by atoms with Gasteiger partial charge in [-0.2, -0.15) is 0 Å². The highest BCUT2D eigenvalue weighted by Gasteiger charge is 2.25. The number of hydrogen-bond acceptors (Lipinski definition) is 4. The van der Waals surface area contributed by atoms with Crippen LogP contribution in [0.1, 0.15) is 24.2 Å². The summed E-state index contributed by atoms with van der Waals surface area (Å²) >= 11 is 5.81. The van der Waals surface area contributed by atoms with Gasteiger partial charge in [-0.25, -0.2) is 4.79 Å². The van der Waals surface area contributed by atoms with E-state index in [9.17, 15) is 19.2 Å². The van der Waals surface area contributed by atoms with Crippen LogP contribution in [-0.2, 0) is 14.4 Å². The number of amides is 3. The first-order chi connectivity index (χ1) is 11.7. The van der Waals surface area contributed by atoms with E-state index in [-0.39, 0.29) is 31.1 Å². The number of hydrogen-bond donors (Lipinski definition) is 3. The molecule has 1 rings (SSSR count). The predicted molar refractivity (Wildman–Crippen MR) is 91.3 cm³/mol. The van der Waals surface area contributed by atoms with Crippen LogP contribution in [0.5, 0.6) is 0 Å². The van der Waals surface area contributed by atoms with Crippen LogP contribution >= 0.6 is 11.6 Å². The zero-order chi connectivity index (χ0) is 19.0. The van der Waals surface area contributed by atoms with Gasteiger partial charge >= 0.3 is 5.97 Å². The van der Waals surface area contributed by atoms with Crippen molar-refractivity contribution in [2.24, 2.45) is 0 Å². The van der Waals surface area contributed by atoms with Crippen LogP contribution in [0.2, 0.25) is 5.02 Å². The number of aliphatic carboxylic acids is 1. The maximum Gasteiger partial charge on any atom is 0.326 e. The minimum Gasteiger partial charge on any atom is -0.480 e. The summed E-state index contributed by atoms with van der Waals surface area (Å²) in [6.45, 7) is 2.42. The molecular weight excluding hydrogens is 350 g/mol. The molecule has 0 radical (unpaired) electrons. The van der Waals surface area contributed by atoms with Crippen LogP contribution in [-0.4, -0.2) is 59.4 Å². The fourth-order valence-electron chi connectivity index (χ4n) is 2.01. The van der Waals surface area contributed by atoms with Crippen LogP contribution in [0.3, 0.4) is 0 Å². The van der Waals surface area contributed by atoms with E-state index < -0.39 is 23.8 Å². The lowest BCUT2D eigenvalue weighted by atomic mass is 10.2. The van der Waals surface area contributed by atoms with Crippen molar-refractivity contribution in [3.8, 4) is 0 Å². The molecule has 9 heteroatoms. The number of carboxylic acid groups (broad SMARTS) is 1. The SMILES string of the molecule is CC(=O)NCCN(C(=O)CNC(=O)c1cccc(Cl)c1)C(C)C(=O)O. The van der Waals surface area contributed by atoms with E-state index in [1.54, 1.807) is 18.2 Å². The van der Waals surface area contributed by atoms with E-state index in [2.05, 4.69) is 10.6 Å². The Balaban J connectivity index is 2.68. The molecular formula is C16H20ClN3O5. The maximum absolute atomic E-state index is 12.3. The standard InChI is InChI=1S/C16H20ClN3O5/c1-10(16(24)25)20(7-6-18-11(2)21)14(22)9-19-15(23)12-4-3-5-13(17)8-12/h3-5,8,10H,6-7,9H2,1-2H3,(H,18,21)(H,19,23)(H,24,25). The minimum atomic E-state index is -1.18. The fourth-order valence-corrected chi connectivity index (χ4v) is 2.20. The monoisotopic (exact) mass is 369 g/mol. The predicted octanol–water partition coefficient (Wildman–Crippen LogP) is 0.508. The lowest BCUT2D eigenvalue weighted by Gasteiger charge is -2.26. The molecule has 0 aliphatic carbocycles. The number of carbonyl (C=O) groups is 4. The highest BCUT2D eigenvalue weighted by atomic mass is 35.5. The van der Waals surface area contributed by atoms with Gasteiger partial charge in [0.05, 0.1) is 6.54 Å². The van der Waals surface area contributed by atoms with Gasteiger partial charge in [-0.3, -0.25) is 14.4 Å². The second-order valence-electron chi connectivity index (χ2n) is 5.28. The van der Waals surface area contributed by atoms with Gasteiger partial charge in [0, 0.05) is 30.6 Å². The molecule has 0 aliphatic heterocycles. The molecule has 3 amide bonds. The summed E-state index contributed by atoms with van der Waals surface area (Å²) in [4.78, 5) is 47.4. The first kappa shape index (κ1) is 20.4. The van der Waals surface area contributed by atoms with E-state index in [1.165, 1.54) is 19.9 Å². The van der Waals surface area contributed by atoms with Gasteiger partial charge in [0.2, 0.25) is 11.8 Å². The summed E-state index contributed by atoms with van der Waals surface area (Å²) in [6.07, 6.45) is 0. The number of halogens is 1. The largest absolute Gasteiger partial charge is 0.480 e. The van der Waals surface area contributed by atoms with Crippen molar-refractivity contribution in [2.45, 2.75) is 19.9 Å². The Kier molecular flexibility index (Phi) is 7.87. The van der Waals surface area contributed by atoms with Crippen LogP contribution in [0.4, 0.5) is 0 Å². The molecule has 0 aromatic heterocycles. The molecule has 1 aromatic rings. The molecule has 1 aromatic carbocycles. The Morgan fingerprint density at radius 3 is 2.48 bits per heavy atom. The summed E-state index contributed by atoms with van der Waals surface area (Å²) in [5.74, 6) is -2.54. The van der Waals surface area contributed by atoms with E-state index in [0.29, 0.717) is 5.02 Å². The second-order valence-corrected chi connectivity index (χ2v) is 5.71. The number of carbonyl (C=O) groups excluding carboxylic acids is 3. The third kappa shape index (κ3) is 6.80. The summed E-state index contributed by atoms with van der Waals surface area (Å²) in [6, 6.07) is 5.12. The molecule has 8 nitrogen and oxygen atoms in total. The van der Waals surface area contributed by atoms with Gasteiger partial charge in [-0.1, -0.05) is 17.7 Å². The topological polar surface area (TPSA) is 116 Å². The van der Waals surface area contributed by atoms with Gasteiger partial charge in [0.15, 0.2) is 0 Å². The summed E-state index contributed by atoms with van der Waals surface area (Å²) < 4.78 is 0. The molecule has 0 saturated heterocycles. The van der Waals surface area contributed by atoms with Gasteiger partial charge in [-0.15, -0.1) is 0 Å². The van der Waals surface area contributed by atoms with Gasteiger partial charge < -0.3 is 20.6 Å². The lowest BCUT2D eigenvalue weighted by molar-refractivity contribution is -0.149. The summed E-state index contributed by atoms with van der Waals surface area (Å²) in [7, 11) is 0. The number of nitrogens with zero attached hydrogens (tertiary/aromatic N) is 1. The van der Waals surface area contributed by atoms with Crippen LogP contribution in [0, 0.1) is 0 Å². The molecule has 136 valence electrons. The third-order valence-corrected chi connectivity index (χ3v) is 3.59. The van der Waals surface area contributed by atoms with Gasteiger partial charge in [-0.05, 0) is 25.1 Å². The molecule has 3 N–H and O–H groups in total. The maximum atomic E-state index is 12.3.